The fourth-order valence-corrected chi connectivity index (χ4v) is 2.69. The summed E-state index contributed by atoms with van der Waals surface area (Å²) in [6.45, 7) is 5.56. The Hall–Kier alpha value is -0.570. The highest BCUT2D eigenvalue weighted by atomic mass is 79.9. The standard InChI is InChI=1S/C14H21BrN2/c1-11(2)17(10-4-9-15)14-8-7-12-5-3-6-13(12)16-14/h7-8,11H,3-6,9-10H2,1-2H3. The van der Waals surface area contributed by atoms with Crippen molar-refractivity contribution in [3.05, 3.63) is 23.4 Å². The molecule has 0 unspecified atom stereocenters. The van der Waals surface area contributed by atoms with Crippen LogP contribution >= 0.6 is 15.9 Å². The molecule has 1 heterocycles. The summed E-state index contributed by atoms with van der Waals surface area (Å²) < 4.78 is 0. The number of pyridine rings is 1. The van der Waals surface area contributed by atoms with Crippen molar-refractivity contribution in [2.75, 3.05) is 16.8 Å². The minimum atomic E-state index is 0.515. The van der Waals surface area contributed by atoms with Crippen LogP contribution in [0, 0.1) is 0 Å². The second-order valence-corrected chi connectivity index (χ2v) is 5.75. The molecule has 0 aromatic carbocycles. The highest BCUT2D eigenvalue weighted by Crippen LogP contribution is 2.24. The van der Waals surface area contributed by atoms with Gasteiger partial charge in [-0.05, 0) is 51.2 Å². The Morgan fingerprint density at radius 1 is 1.35 bits per heavy atom. The van der Waals surface area contributed by atoms with Crippen LogP contribution in [0.2, 0.25) is 0 Å². The van der Waals surface area contributed by atoms with Crippen LogP contribution in [0.15, 0.2) is 12.1 Å². The average Bonchev–Trinajstić information content (AvgIpc) is 2.76. The molecule has 1 aliphatic carbocycles. The fourth-order valence-electron chi connectivity index (χ4n) is 2.44. The lowest BCUT2D eigenvalue weighted by atomic mass is 10.2. The Bertz CT molecular complexity index is 376. The van der Waals surface area contributed by atoms with Crippen molar-refractivity contribution >= 4 is 21.7 Å². The van der Waals surface area contributed by atoms with Crippen LogP contribution in [0.5, 0.6) is 0 Å². The van der Waals surface area contributed by atoms with Crippen LogP contribution in [-0.4, -0.2) is 22.9 Å². The number of halogens is 1. The van der Waals surface area contributed by atoms with Gasteiger partial charge in [0.05, 0.1) is 0 Å². The first-order chi connectivity index (χ1) is 8.22. The number of fused-ring (bicyclic) bond motifs is 1. The predicted molar refractivity (Wildman–Crippen MR) is 77.2 cm³/mol. The number of rotatable bonds is 5. The van der Waals surface area contributed by atoms with Gasteiger partial charge in [0, 0.05) is 23.6 Å². The second-order valence-electron chi connectivity index (χ2n) is 4.96. The summed E-state index contributed by atoms with van der Waals surface area (Å²) in [4.78, 5) is 7.24. The highest BCUT2D eigenvalue weighted by Gasteiger charge is 2.16. The molecular weight excluding hydrogens is 276 g/mol. The third-order valence-corrected chi connectivity index (χ3v) is 3.92. The molecule has 17 heavy (non-hydrogen) atoms. The zero-order valence-electron chi connectivity index (χ0n) is 10.7. The van der Waals surface area contributed by atoms with Gasteiger partial charge in [-0.15, -0.1) is 0 Å². The zero-order chi connectivity index (χ0) is 12.3. The molecule has 0 fully saturated rings. The molecule has 2 rings (SSSR count). The Morgan fingerprint density at radius 3 is 2.88 bits per heavy atom. The van der Waals surface area contributed by atoms with E-state index in [4.69, 9.17) is 4.98 Å². The third-order valence-electron chi connectivity index (χ3n) is 3.36. The molecule has 3 heteroatoms. The molecule has 1 aliphatic rings. The van der Waals surface area contributed by atoms with Gasteiger partial charge in [0.15, 0.2) is 0 Å². The van der Waals surface area contributed by atoms with Crippen molar-refractivity contribution in [2.45, 2.75) is 45.6 Å². The summed E-state index contributed by atoms with van der Waals surface area (Å²) in [5.41, 5.74) is 2.78. The first-order valence-electron chi connectivity index (χ1n) is 6.53. The van der Waals surface area contributed by atoms with Crippen molar-refractivity contribution in [3.8, 4) is 0 Å². The molecule has 0 bridgehead atoms. The first-order valence-corrected chi connectivity index (χ1v) is 7.66. The number of nitrogens with zero attached hydrogens (tertiary/aromatic N) is 2. The minimum Gasteiger partial charge on any atom is -0.354 e. The fraction of sp³-hybridized carbons (Fsp3) is 0.643. The van der Waals surface area contributed by atoms with Gasteiger partial charge in [-0.1, -0.05) is 22.0 Å². The van der Waals surface area contributed by atoms with Gasteiger partial charge in [0.1, 0.15) is 5.82 Å². The normalized spacial score (nSPS) is 14.1. The van der Waals surface area contributed by atoms with Gasteiger partial charge in [-0.3, -0.25) is 0 Å². The largest absolute Gasteiger partial charge is 0.354 e. The van der Waals surface area contributed by atoms with E-state index >= 15 is 0 Å². The zero-order valence-corrected chi connectivity index (χ0v) is 12.3. The maximum Gasteiger partial charge on any atom is 0.129 e. The molecular formula is C14H21BrN2. The maximum absolute atomic E-state index is 4.84. The van der Waals surface area contributed by atoms with E-state index in [1.807, 2.05) is 0 Å². The summed E-state index contributed by atoms with van der Waals surface area (Å²) in [7, 11) is 0. The molecule has 2 nitrogen and oxygen atoms in total. The molecule has 1 aromatic rings. The summed E-state index contributed by atoms with van der Waals surface area (Å²) in [6.07, 6.45) is 4.81. The van der Waals surface area contributed by atoms with Gasteiger partial charge in [0.2, 0.25) is 0 Å². The highest BCUT2D eigenvalue weighted by molar-refractivity contribution is 9.09. The third kappa shape index (κ3) is 3.01. The SMILES string of the molecule is CC(C)N(CCCBr)c1ccc2c(n1)CCC2. The van der Waals surface area contributed by atoms with Crippen molar-refractivity contribution in [1.29, 1.82) is 0 Å². The van der Waals surface area contributed by atoms with Crippen LogP contribution in [0.25, 0.3) is 0 Å². The summed E-state index contributed by atoms with van der Waals surface area (Å²) >= 11 is 3.50. The molecule has 0 saturated heterocycles. The van der Waals surface area contributed by atoms with Gasteiger partial charge >= 0.3 is 0 Å². The van der Waals surface area contributed by atoms with E-state index < -0.39 is 0 Å². The number of hydrogen-bond donors (Lipinski definition) is 0. The Balaban J connectivity index is 2.17. The molecule has 0 N–H and O–H groups in total. The van der Waals surface area contributed by atoms with E-state index in [1.165, 1.54) is 24.1 Å². The number of hydrogen-bond acceptors (Lipinski definition) is 2. The lowest BCUT2D eigenvalue weighted by Gasteiger charge is -2.28. The van der Waals surface area contributed by atoms with Gasteiger partial charge in [-0.25, -0.2) is 4.98 Å². The molecule has 0 spiro atoms. The van der Waals surface area contributed by atoms with E-state index in [2.05, 4.69) is 46.8 Å². The average molecular weight is 297 g/mol. The summed E-state index contributed by atoms with van der Waals surface area (Å²) in [5, 5.41) is 1.06. The van der Waals surface area contributed by atoms with Gasteiger partial charge in [-0.2, -0.15) is 0 Å². The number of alkyl halides is 1. The molecule has 0 atom stereocenters. The number of aryl methyl sites for hydroxylation is 2. The Labute approximate surface area is 113 Å². The molecule has 0 saturated carbocycles. The topological polar surface area (TPSA) is 16.1 Å². The molecule has 0 radical (unpaired) electrons. The van der Waals surface area contributed by atoms with Crippen LogP contribution in [0.4, 0.5) is 5.82 Å². The minimum absolute atomic E-state index is 0.515. The van der Waals surface area contributed by atoms with E-state index in [0.29, 0.717) is 6.04 Å². The smallest absolute Gasteiger partial charge is 0.129 e. The lowest BCUT2D eigenvalue weighted by Crippen LogP contribution is -2.32. The lowest BCUT2D eigenvalue weighted by molar-refractivity contribution is 0.663. The number of aromatic nitrogens is 1. The monoisotopic (exact) mass is 296 g/mol. The van der Waals surface area contributed by atoms with Crippen molar-refractivity contribution in [3.63, 3.8) is 0 Å². The molecule has 94 valence electrons. The summed E-state index contributed by atoms with van der Waals surface area (Å²) in [5.74, 6) is 1.15. The van der Waals surface area contributed by atoms with Crippen molar-refractivity contribution < 1.29 is 0 Å². The van der Waals surface area contributed by atoms with Crippen LogP contribution in [0.3, 0.4) is 0 Å². The number of anilines is 1. The predicted octanol–water partition coefficient (Wildman–Crippen LogP) is 3.57. The van der Waals surface area contributed by atoms with Crippen LogP contribution in [-0.2, 0) is 12.8 Å². The van der Waals surface area contributed by atoms with Gasteiger partial charge in [0.25, 0.3) is 0 Å². The van der Waals surface area contributed by atoms with E-state index in [9.17, 15) is 0 Å². The molecule has 1 aromatic heterocycles. The maximum atomic E-state index is 4.84. The molecule has 0 amide bonds. The summed E-state index contributed by atoms with van der Waals surface area (Å²) in [6, 6.07) is 4.98. The quantitative estimate of drug-likeness (QED) is 0.772. The Morgan fingerprint density at radius 2 is 2.18 bits per heavy atom. The van der Waals surface area contributed by atoms with Crippen LogP contribution < -0.4 is 4.90 Å². The second kappa shape index (κ2) is 5.85. The van der Waals surface area contributed by atoms with E-state index in [0.717, 1.165) is 30.5 Å². The van der Waals surface area contributed by atoms with E-state index in [1.54, 1.807) is 0 Å². The van der Waals surface area contributed by atoms with Gasteiger partial charge < -0.3 is 4.90 Å². The molecule has 0 aliphatic heterocycles. The first kappa shape index (κ1) is 12.9. The Kier molecular flexibility index (Phi) is 4.43. The van der Waals surface area contributed by atoms with Crippen molar-refractivity contribution in [2.24, 2.45) is 0 Å². The van der Waals surface area contributed by atoms with Crippen molar-refractivity contribution in [1.82, 2.24) is 4.98 Å². The van der Waals surface area contributed by atoms with E-state index in [-0.39, 0.29) is 0 Å². The van der Waals surface area contributed by atoms with Crippen LogP contribution in [0.1, 0.15) is 37.9 Å².